The van der Waals surface area contributed by atoms with Gasteiger partial charge in [0.1, 0.15) is 12.4 Å². The van der Waals surface area contributed by atoms with Gasteiger partial charge in [-0.2, -0.15) is 0 Å². The molecule has 106 valence electrons. The van der Waals surface area contributed by atoms with Crippen LogP contribution in [0.25, 0.3) is 0 Å². The van der Waals surface area contributed by atoms with Gasteiger partial charge in [-0.05, 0) is 37.0 Å². The van der Waals surface area contributed by atoms with Crippen molar-refractivity contribution in [1.29, 1.82) is 0 Å². The normalized spacial score (nSPS) is 21.1. The van der Waals surface area contributed by atoms with Gasteiger partial charge in [-0.15, -0.1) is 0 Å². The number of carbonyl (C=O) groups is 1. The number of benzene rings is 1. The summed E-state index contributed by atoms with van der Waals surface area (Å²) in [5.74, 6) is 4.78. The van der Waals surface area contributed by atoms with E-state index in [1.807, 2.05) is 0 Å². The van der Waals surface area contributed by atoms with E-state index in [2.05, 4.69) is 24.1 Å². The highest BCUT2D eigenvalue weighted by molar-refractivity contribution is 5.92. The van der Waals surface area contributed by atoms with Crippen LogP contribution in [0.4, 0.5) is 10.1 Å². The zero-order chi connectivity index (χ0) is 14.5. The maximum absolute atomic E-state index is 13.7. The second kappa shape index (κ2) is 6.53. The van der Waals surface area contributed by atoms with E-state index in [1.165, 1.54) is 12.1 Å². The van der Waals surface area contributed by atoms with E-state index in [-0.39, 0.29) is 24.0 Å². The summed E-state index contributed by atoms with van der Waals surface area (Å²) in [6.07, 6.45) is 3.04. The van der Waals surface area contributed by atoms with Crippen molar-refractivity contribution in [2.45, 2.75) is 26.2 Å². The smallest absolute Gasteiger partial charge is 0.227 e. The van der Waals surface area contributed by atoms with Gasteiger partial charge in [-0.1, -0.05) is 25.2 Å². The van der Waals surface area contributed by atoms with Crippen molar-refractivity contribution in [2.75, 3.05) is 11.9 Å². The van der Waals surface area contributed by atoms with Crippen LogP contribution < -0.4 is 5.32 Å². The second-order valence-electron chi connectivity index (χ2n) is 5.16. The Morgan fingerprint density at radius 3 is 2.90 bits per heavy atom. The first-order chi connectivity index (χ1) is 9.61. The molecule has 4 heteroatoms. The van der Waals surface area contributed by atoms with Gasteiger partial charge in [-0.3, -0.25) is 4.79 Å². The molecular weight excluding hydrogens is 257 g/mol. The summed E-state index contributed by atoms with van der Waals surface area (Å²) in [5.41, 5.74) is 0.660. The summed E-state index contributed by atoms with van der Waals surface area (Å²) in [5, 5.41) is 11.3. The predicted octanol–water partition coefficient (Wildman–Crippen LogP) is 2.54. The van der Waals surface area contributed by atoms with Crippen LogP contribution in [0.2, 0.25) is 0 Å². The van der Waals surface area contributed by atoms with E-state index in [0.29, 0.717) is 11.6 Å². The maximum atomic E-state index is 13.7. The maximum Gasteiger partial charge on any atom is 0.227 e. The number of aliphatic hydroxyl groups excluding tert-OH is 1. The quantitative estimate of drug-likeness (QED) is 0.815. The third kappa shape index (κ3) is 3.37. The minimum Gasteiger partial charge on any atom is -0.384 e. The molecule has 1 aromatic carbocycles. The van der Waals surface area contributed by atoms with Crippen LogP contribution in [0, 0.1) is 29.5 Å². The third-order valence-corrected chi connectivity index (χ3v) is 3.74. The van der Waals surface area contributed by atoms with Crippen molar-refractivity contribution in [3.05, 3.63) is 29.6 Å². The van der Waals surface area contributed by atoms with E-state index in [4.69, 9.17) is 5.11 Å². The number of anilines is 1. The van der Waals surface area contributed by atoms with E-state index in [9.17, 15) is 9.18 Å². The van der Waals surface area contributed by atoms with Crippen LogP contribution in [0.3, 0.4) is 0 Å². The summed E-state index contributed by atoms with van der Waals surface area (Å²) in [6.45, 7) is 1.77. The SMILES string of the molecule is CC1CCCC1C(=O)Nc1ccc(C#CCO)c(F)c1. The highest BCUT2D eigenvalue weighted by Crippen LogP contribution is 2.32. The van der Waals surface area contributed by atoms with Gasteiger partial charge in [0.2, 0.25) is 5.91 Å². The van der Waals surface area contributed by atoms with E-state index in [1.54, 1.807) is 6.07 Å². The number of amides is 1. The molecular formula is C16H18FNO2. The Morgan fingerprint density at radius 1 is 1.50 bits per heavy atom. The first-order valence-electron chi connectivity index (χ1n) is 6.82. The first kappa shape index (κ1) is 14.5. The van der Waals surface area contributed by atoms with Crippen molar-refractivity contribution in [2.24, 2.45) is 11.8 Å². The number of hydrogen-bond acceptors (Lipinski definition) is 2. The van der Waals surface area contributed by atoms with Crippen LogP contribution in [0.1, 0.15) is 31.7 Å². The predicted molar refractivity (Wildman–Crippen MR) is 75.5 cm³/mol. The molecule has 2 atom stereocenters. The van der Waals surface area contributed by atoms with E-state index < -0.39 is 5.82 Å². The second-order valence-corrected chi connectivity index (χ2v) is 5.16. The van der Waals surface area contributed by atoms with Crippen molar-refractivity contribution in [1.82, 2.24) is 0 Å². The fraction of sp³-hybridized carbons (Fsp3) is 0.438. The Kier molecular flexibility index (Phi) is 4.75. The molecule has 20 heavy (non-hydrogen) atoms. The molecule has 0 bridgehead atoms. The van der Waals surface area contributed by atoms with Crippen molar-refractivity contribution < 1.29 is 14.3 Å². The topological polar surface area (TPSA) is 49.3 Å². The molecule has 1 fully saturated rings. The molecule has 1 aliphatic rings. The number of halogens is 1. The molecule has 3 nitrogen and oxygen atoms in total. The zero-order valence-corrected chi connectivity index (χ0v) is 11.4. The molecule has 2 N–H and O–H groups in total. The van der Waals surface area contributed by atoms with Gasteiger partial charge < -0.3 is 10.4 Å². The Labute approximate surface area is 118 Å². The first-order valence-corrected chi connectivity index (χ1v) is 6.82. The molecule has 1 amide bonds. The third-order valence-electron chi connectivity index (χ3n) is 3.74. The van der Waals surface area contributed by atoms with Crippen molar-refractivity contribution in [3.63, 3.8) is 0 Å². The van der Waals surface area contributed by atoms with Gasteiger partial charge in [0, 0.05) is 11.6 Å². The molecule has 2 unspecified atom stereocenters. The highest BCUT2D eigenvalue weighted by Gasteiger charge is 2.29. The monoisotopic (exact) mass is 275 g/mol. The van der Waals surface area contributed by atoms with Gasteiger partial charge in [0.15, 0.2) is 0 Å². The lowest BCUT2D eigenvalue weighted by Crippen LogP contribution is -2.24. The Bertz CT molecular complexity index is 559. The van der Waals surface area contributed by atoms with Crippen LogP contribution in [0.15, 0.2) is 18.2 Å². The minimum atomic E-state index is -0.497. The number of carbonyl (C=O) groups excluding carboxylic acids is 1. The summed E-state index contributed by atoms with van der Waals surface area (Å²) in [6, 6.07) is 4.40. The number of hydrogen-bond donors (Lipinski definition) is 2. The standard InChI is InChI=1S/C16H18FNO2/c1-11-4-2-6-14(11)16(20)18-13-8-7-12(5-3-9-19)15(17)10-13/h7-8,10-11,14,19H,2,4,6,9H2,1H3,(H,18,20). The average Bonchev–Trinajstić information content (AvgIpc) is 2.84. The molecule has 0 spiro atoms. The van der Waals surface area contributed by atoms with Crippen LogP contribution >= 0.6 is 0 Å². The van der Waals surface area contributed by atoms with Gasteiger partial charge in [0.05, 0.1) is 5.56 Å². The highest BCUT2D eigenvalue weighted by atomic mass is 19.1. The molecule has 0 heterocycles. The minimum absolute atomic E-state index is 0.0203. The summed E-state index contributed by atoms with van der Waals surface area (Å²) < 4.78 is 13.7. The molecule has 0 radical (unpaired) electrons. The number of aliphatic hydroxyl groups is 1. The molecule has 1 aromatic rings. The molecule has 0 aliphatic heterocycles. The Hall–Kier alpha value is -1.86. The number of nitrogens with one attached hydrogen (secondary N) is 1. The van der Waals surface area contributed by atoms with Gasteiger partial charge in [-0.25, -0.2) is 4.39 Å². The molecule has 0 saturated heterocycles. The zero-order valence-electron chi connectivity index (χ0n) is 11.4. The van der Waals surface area contributed by atoms with Gasteiger partial charge in [0.25, 0.3) is 0 Å². The fourth-order valence-corrected chi connectivity index (χ4v) is 2.60. The summed E-state index contributed by atoms with van der Waals surface area (Å²) in [7, 11) is 0. The lowest BCUT2D eigenvalue weighted by atomic mass is 9.97. The Morgan fingerprint density at radius 2 is 2.30 bits per heavy atom. The van der Waals surface area contributed by atoms with Crippen molar-refractivity contribution in [3.8, 4) is 11.8 Å². The van der Waals surface area contributed by atoms with Gasteiger partial charge >= 0.3 is 0 Å². The fourth-order valence-electron chi connectivity index (χ4n) is 2.60. The van der Waals surface area contributed by atoms with Crippen molar-refractivity contribution >= 4 is 11.6 Å². The number of rotatable bonds is 2. The van der Waals surface area contributed by atoms with E-state index >= 15 is 0 Å². The van der Waals surface area contributed by atoms with Crippen LogP contribution in [-0.2, 0) is 4.79 Å². The molecule has 0 aromatic heterocycles. The lowest BCUT2D eigenvalue weighted by molar-refractivity contribution is -0.120. The largest absolute Gasteiger partial charge is 0.384 e. The van der Waals surface area contributed by atoms with Crippen LogP contribution in [-0.4, -0.2) is 17.6 Å². The Balaban J connectivity index is 2.06. The van der Waals surface area contributed by atoms with E-state index in [0.717, 1.165) is 19.3 Å². The average molecular weight is 275 g/mol. The summed E-state index contributed by atoms with van der Waals surface area (Å²) >= 11 is 0. The summed E-state index contributed by atoms with van der Waals surface area (Å²) in [4.78, 5) is 12.1. The molecule has 1 aliphatic carbocycles. The lowest BCUT2D eigenvalue weighted by Gasteiger charge is -2.15. The van der Waals surface area contributed by atoms with Crippen LogP contribution in [0.5, 0.6) is 0 Å². The molecule has 2 rings (SSSR count). The molecule has 1 saturated carbocycles.